The summed E-state index contributed by atoms with van der Waals surface area (Å²) in [6, 6.07) is 13.3. The van der Waals surface area contributed by atoms with Gasteiger partial charge in [0.1, 0.15) is 11.3 Å². The highest BCUT2D eigenvalue weighted by molar-refractivity contribution is 6.07. The zero-order valence-corrected chi connectivity index (χ0v) is 15.1. The first-order chi connectivity index (χ1) is 12.9. The number of phenolic OH excluding ortho intramolecular Hbond substituents is 1. The van der Waals surface area contributed by atoms with Gasteiger partial charge in [0.05, 0.1) is 17.7 Å². The second-order valence-electron chi connectivity index (χ2n) is 7.18. The normalized spacial score (nSPS) is 24.3. The number of hydrogen-bond donors (Lipinski definition) is 1. The van der Waals surface area contributed by atoms with E-state index in [9.17, 15) is 20.0 Å². The molecule has 6 nitrogen and oxygen atoms in total. The summed E-state index contributed by atoms with van der Waals surface area (Å²) in [4.78, 5) is 29.2. The molecule has 27 heavy (non-hydrogen) atoms. The van der Waals surface area contributed by atoms with Crippen molar-refractivity contribution < 1.29 is 14.7 Å². The van der Waals surface area contributed by atoms with E-state index in [1.165, 1.54) is 21.9 Å². The minimum absolute atomic E-state index is 0.104. The Bertz CT molecular complexity index is 993. The molecule has 0 radical (unpaired) electrons. The first kappa shape index (κ1) is 17.1. The summed E-state index contributed by atoms with van der Waals surface area (Å²) in [6.07, 6.45) is 1.28. The molecule has 2 unspecified atom stereocenters. The van der Waals surface area contributed by atoms with Gasteiger partial charge in [-0.05, 0) is 54.7 Å². The SMILES string of the molecule is CN1C(=O)N(C2CCc3c(C#N)cccc32)C(=O)C1(C)c1ccc(O)cc1. The lowest BCUT2D eigenvalue weighted by Crippen LogP contribution is -2.42. The number of hydrogen-bond acceptors (Lipinski definition) is 4. The van der Waals surface area contributed by atoms with Crippen LogP contribution in [0.1, 0.15) is 41.6 Å². The average molecular weight is 361 g/mol. The Hall–Kier alpha value is -3.33. The van der Waals surface area contributed by atoms with E-state index in [2.05, 4.69) is 6.07 Å². The zero-order valence-electron chi connectivity index (χ0n) is 15.1. The summed E-state index contributed by atoms with van der Waals surface area (Å²) >= 11 is 0. The quantitative estimate of drug-likeness (QED) is 0.833. The molecule has 1 saturated heterocycles. The van der Waals surface area contributed by atoms with Crippen molar-refractivity contribution in [2.45, 2.75) is 31.3 Å². The van der Waals surface area contributed by atoms with Crippen LogP contribution in [0.5, 0.6) is 5.75 Å². The molecule has 0 aromatic heterocycles. The first-order valence-electron chi connectivity index (χ1n) is 8.82. The largest absolute Gasteiger partial charge is 0.508 e. The lowest BCUT2D eigenvalue weighted by atomic mass is 9.90. The first-order valence-corrected chi connectivity index (χ1v) is 8.82. The number of likely N-dealkylation sites (N-methyl/N-ethyl adjacent to an activating group) is 1. The molecule has 0 bridgehead atoms. The molecule has 4 rings (SSSR count). The van der Waals surface area contributed by atoms with E-state index in [0.717, 1.165) is 11.1 Å². The van der Waals surface area contributed by atoms with Crippen LogP contribution in [0.25, 0.3) is 0 Å². The van der Waals surface area contributed by atoms with E-state index in [-0.39, 0.29) is 23.7 Å². The second kappa shape index (κ2) is 5.85. The third kappa shape index (κ3) is 2.25. The van der Waals surface area contributed by atoms with Crippen LogP contribution in [0.2, 0.25) is 0 Å². The van der Waals surface area contributed by atoms with Crippen molar-refractivity contribution in [2.24, 2.45) is 0 Å². The maximum Gasteiger partial charge on any atom is 0.328 e. The number of fused-ring (bicyclic) bond motifs is 1. The smallest absolute Gasteiger partial charge is 0.328 e. The van der Waals surface area contributed by atoms with Gasteiger partial charge >= 0.3 is 6.03 Å². The molecule has 2 aliphatic rings. The number of benzene rings is 2. The van der Waals surface area contributed by atoms with Crippen LogP contribution < -0.4 is 0 Å². The number of rotatable bonds is 2. The zero-order chi connectivity index (χ0) is 19.3. The van der Waals surface area contributed by atoms with Gasteiger partial charge in [-0.15, -0.1) is 0 Å². The predicted octanol–water partition coefficient (Wildman–Crippen LogP) is 3.06. The fraction of sp³-hybridized carbons (Fsp3) is 0.286. The minimum Gasteiger partial charge on any atom is -0.508 e. The molecule has 2 atom stereocenters. The van der Waals surface area contributed by atoms with E-state index >= 15 is 0 Å². The van der Waals surface area contributed by atoms with Crippen molar-refractivity contribution in [3.8, 4) is 11.8 Å². The Balaban J connectivity index is 1.77. The Kier molecular flexibility index (Phi) is 3.70. The summed E-state index contributed by atoms with van der Waals surface area (Å²) < 4.78 is 0. The summed E-state index contributed by atoms with van der Waals surface area (Å²) in [5, 5.41) is 18.9. The van der Waals surface area contributed by atoms with Gasteiger partial charge in [0.25, 0.3) is 5.91 Å². The fourth-order valence-electron chi connectivity index (χ4n) is 4.20. The number of imide groups is 1. The van der Waals surface area contributed by atoms with E-state index < -0.39 is 5.54 Å². The van der Waals surface area contributed by atoms with Crippen LogP contribution in [0.3, 0.4) is 0 Å². The predicted molar refractivity (Wildman–Crippen MR) is 97.7 cm³/mol. The topological polar surface area (TPSA) is 84.6 Å². The highest BCUT2D eigenvalue weighted by Crippen LogP contribution is 2.45. The molecule has 0 saturated carbocycles. The number of aromatic hydroxyl groups is 1. The van der Waals surface area contributed by atoms with Gasteiger partial charge in [-0.2, -0.15) is 5.26 Å². The van der Waals surface area contributed by atoms with Gasteiger partial charge < -0.3 is 10.0 Å². The third-order valence-electron chi connectivity index (χ3n) is 5.90. The van der Waals surface area contributed by atoms with Crippen LogP contribution in [0, 0.1) is 11.3 Å². The molecule has 3 amide bonds. The highest BCUT2D eigenvalue weighted by Gasteiger charge is 2.56. The minimum atomic E-state index is -1.14. The van der Waals surface area contributed by atoms with Crippen LogP contribution in [0.15, 0.2) is 42.5 Å². The molecule has 6 heteroatoms. The Labute approximate surface area is 157 Å². The second-order valence-corrected chi connectivity index (χ2v) is 7.18. The van der Waals surface area contributed by atoms with Crippen molar-refractivity contribution in [3.63, 3.8) is 0 Å². The van der Waals surface area contributed by atoms with Crippen molar-refractivity contribution in [1.82, 2.24) is 9.80 Å². The average Bonchev–Trinajstić information content (AvgIpc) is 3.17. The summed E-state index contributed by atoms with van der Waals surface area (Å²) in [7, 11) is 1.62. The van der Waals surface area contributed by atoms with Crippen molar-refractivity contribution in [2.75, 3.05) is 7.05 Å². The van der Waals surface area contributed by atoms with Gasteiger partial charge in [0.15, 0.2) is 0 Å². The molecule has 1 N–H and O–H groups in total. The highest BCUT2D eigenvalue weighted by atomic mass is 16.3. The number of amides is 3. The third-order valence-corrected chi connectivity index (χ3v) is 5.90. The number of carbonyl (C=O) groups excluding carboxylic acids is 2. The van der Waals surface area contributed by atoms with E-state index in [1.54, 1.807) is 38.2 Å². The van der Waals surface area contributed by atoms with Gasteiger partial charge in [-0.1, -0.05) is 24.3 Å². The molecule has 2 aromatic rings. The lowest BCUT2D eigenvalue weighted by molar-refractivity contribution is -0.134. The standard InChI is InChI=1S/C21H19N3O3/c1-21(14-6-8-15(25)9-7-14)19(26)24(20(27)23(21)2)18-11-10-16-13(12-22)4-3-5-17(16)18/h3-9,18,25H,10-11H2,1-2H3. The van der Waals surface area contributed by atoms with Gasteiger partial charge in [0.2, 0.25) is 0 Å². The number of carbonyl (C=O) groups is 2. The molecule has 1 aliphatic heterocycles. The van der Waals surface area contributed by atoms with Gasteiger partial charge in [-0.3, -0.25) is 9.69 Å². The summed E-state index contributed by atoms with van der Waals surface area (Å²) in [5.41, 5.74) is 1.90. The summed E-state index contributed by atoms with van der Waals surface area (Å²) in [6.45, 7) is 1.72. The molecule has 2 aromatic carbocycles. The molecule has 136 valence electrons. The van der Waals surface area contributed by atoms with E-state index in [4.69, 9.17) is 0 Å². The van der Waals surface area contributed by atoms with Crippen LogP contribution in [-0.2, 0) is 16.8 Å². The summed E-state index contributed by atoms with van der Waals surface area (Å²) in [5.74, 6) is -0.187. The van der Waals surface area contributed by atoms with E-state index in [1.807, 2.05) is 6.07 Å². The van der Waals surface area contributed by atoms with Crippen molar-refractivity contribution in [3.05, 3.63) is 64.7 Å². The molecule has 1 fully saturated rings. The van der Waals surface area contributed by atoms with Crippen molar-refractivity contribution >= 4 is 11.9 Å². The lowest BCUT2D eigenvalue weighted by Gasteiger charge is -2.29. The Morgan fingerprint density at radius 1 is 1.19 bits per heavy atom. The molecule has 1 aliphatic carbocycles. The Morgan fingerprint density at radius 2 is 1.89 bits per heavy atom. The molecule has 0 spiro atoms. The molecular weight excluding hydrogens is 342 g/mol. The van der Waals surface area contributed by atoms with Crippen LogP contribution in [-0.4, -0.2) is 33.9 Å². The monoisotopic (exact) mass is 361 g/mol. The van der Waals surface area contributed by atoms with Gasteiger partial charge in [-0.25, -0.2) is 4.79 Å². The maximum absolute atomic E-state index is 13.4. The number of nitriles is 1. The number of nitrogens with zero attached hydrogens (tertiary/aromatic N) is 3. The van der Waals surface area contributed by atoms with E-state index in [0.29, 0.717) is 24.0 Å². The Morgan fingerprint density at radius 3 is 2.56 bits per heavy atom. The maximum atomic E-state index is 13.4. The fourth-order valence-corrected chi connectivity index (χ4v) is 4.20. The van der Waals surface area contributed by atoms with Crippen molar-refractivity contribution in [1.29, 1.82) is 5.26 Å². The number of urea groups is 1. The van der Waals surface area contributed by atoms with Gasteiger partial charge in [0, 0.05) is 7.05 Å². The number of phenols is 1. The van der Waals surface area contributed by atoms with Crippen LogP contribution in [0.4, 0.5) is 4.79 Å². The van der Waals surface area contributed by atoms with Crippen LogP contribution >= 0.6 is 0 Å². The molecule has 1 heterocycles. The molecular formula is C21H19N3O3.